The van der Waals surface area contributed by atoms with Gasteiger partial charge in [0.1, 0.15) is 0 Å². The molecule has 1 atom stereocenters. The van der Waals surface area contributed by atoms with Gasteiger partial charge in [-0.15, -0.1) is 0 Å². The van der Waals surface area contributed by atoms with E-state index in [0.29, 0.717) is 12.1 Å². The molecule has 2 aromatic carbocycles. The van der Waals surface area contributed by atoms with E-state index >= 15 is 0 Å². The fraction of sp³-hybridized carbons (Fsp3) is 0.480. The Morgan fingerprint density at radius 1 is 1.03 bits per heavy atom. The van der Waals surface area contributed by atoms with E-state index in [9.17, 15) is 4.79 Å². The Morgan fingerprint density at radius 3 is 2.17 bits per heavy atom. The van der Waals surface area contributed by atoms with Gasteiger partial charge in [0.2, 0.25) is 0 Å². The van der Waals surface area contributed by atoms with Crippen LogP contribution in [0.2, 0.25) is 5.02 Å². The first kappa shape index (κ1) is 21.2. The molecule has 30 heavy (non-hydrogen) atoms. The van der Waals surface area contributed by atoms with E-state index in [0.717, 1.165) is 48.7 Å². The van der Waals surface area contributed by atoms with E-state index in [1.165, 1.54) is 5.56 Å². The lowest BCUT2D eigenvalue weighted by Crippen LogP contribution is -2.64. The molecule has 0 N–H and O–H groups in total. The summed E-state index contributed by atoms with van der Waals surface area (Å²) >= 11 is 6.13. The third-order valence-corrected chi connectivity index (χ3v) is 7.19. The number of piperidine rings is 1. The predicted molar refractivity (Wildman–Crippen MR) is 124 cm³/mol. The van der Waals surface area contributed by atoms with Gasteiger partial charge in [-0.1, -0.05) is 23.7 Å². The molecule has 4 rings (SSSR count). The summed E-state index contributed by atoms with van der Waals surface area (Å²) in [6.45, 7) is 7.30. The minimum Gasteiger partial charge on any atom is -0.378 e. The van der Waals surface area contributed by atoms with Gasteiger partial charge in [0, 0.05) is 67.5 Å². The molecule has 4 nitrogen and oxygen atoms in total. The molecule has 160 valence electrons. The molecule has 2 fully saturated rings. The Morgan fingerprint density at radius 2 is 1.63 bits per heavy atom. The average molecular weight is 426 g/mol. The second-order valence-corrected chi connectivity index (χ2v) is 9.75. The quantitative estimate of drug-likeness (QED) is 0.682. The van der Waals surface area contributed by atoms with Crippen molar-refractivity contribution in [1.29, 1.82) is 0 Å². The Kier molecular flexibility index (Phi) is 5.82. The molecular formula is C25H32ClN3O. The maximum absolute atomic E-state index is 13.0. The normalized spacial score (nSPS) is 21.0. The monoisotopic (exact) mass is 425 g/mol. The fourth-order valence-corrected chi connectivity index (χ4v) is 5.25. The zero-order chi connectivity index (χ0) is 21.5. The molecule has 5 heteroatoms. The molecule has 2 saturated heterocycles. The van der Waals surface area contributed by atoms with Crippen LogP contribution in [0.15, 0.2) is 48.5 Å². The number of rotatable bonds is 4. The highest BCUT2D eigenvalue weighted by Gasteiger charge is 2.54. The molecule has 1 unspecified atom stereocenters. The van der Waals surface area contributed by atoms with Crippen LogP contribution in [0.3, 0.4) is 0 Å². The number of hydrogen-bond acceptors (Lipinski definition) is 3. The molecule has 2 aliphatic rings. The first-order valence-corrected chi connectivity index (χ1v) is 11.3. The Balaban J connectivity index is 1.47. The Bertz CT molecular complexity index is 884. The van der Waals surface area contributed by atoms with Crippen molar-refractivity contribution in [2.45, 2.75) is 38.8 Å². The molecule has 1 amide bonds. The topological polar surface area (TPSA) is 26.8 Å². The number of likely N-dealkylation sites (tertiary alicyclic amines) is 2. The number of nitrogens with zero attached hydrogens (tertiary/aromatic N) is 3. The van der Waals surface area contributed by atoms with Crippen LogP contribution in [0.1, 0.15) is 48.7 Å². The zero-order valence-electron chi connectivity index (χ0n) is 18.4. The van der Waals surface area contributed by atoms with Crippen LogP contribution in [0.25, 0.3) is 0 Å². The van der Waals surface area contributed by atoms with Crippen molar-refractivity contribution < 1.29 is 4.79 Å². The Labute approximate surface area is 185 Å². The van der Waals surface area contributed by atoms with Crippen LogP contribution in [-0.2, 0) is 0 Å². The van der Waals surface area contributed by atoms with Crippen LogP contribution < -0.4 is 4.90 Å². The van der Waals surface area contributed by atoms with Crippen LogP contribution >= 0.6 is 11.6 Å². The number of amides is 1. The highest BCUT2D eigenvalue weighted by Crippen LogP contribution is 2.55. The van der Waals surface area contributed by atoms with Gasteiger partial charge in [0.25, 0.3) is 5.91 Å². The average Bonchev–Trinajstić information content (AvgIpc) is 2.73. The minimum absolute atomic E-state index is 0.151. The van der Waals surface area contributed by atoms with Gasteiger partial charge in [0.15, 0.2) is 0 Å². The molecule has 0 bridgehead atoms. The molecule has 0 saturated carbocycles. The van der Waals surface area contributed by atoms with Crippen molar-refractivity contribution in [2.75, 3.05) is 38.6 Å². The summed E-state index contributed by atoms with van der Waals surface area (Å²) < 4.78 is 0. The van der Waals surface area contributed by atoms with Crippen molar-refractivity contribution >= 4 is 23.2 Å². The summed E-state index contributed by atoms with van der Waals surface area (Å²) in [6, 6.07) is 17.2. The highest BCUT2D eigenvalue weighted by atomic mass is 35.5. The third kappa shape index (κ3) is 3.83. The number of anilines is 1. The summed E-state index contributed by atoms with van der Waals surface area (Å²) in [6.07, 6.45) is 2.09. The lowest BCUT2D eigenvalue weighted by molar-refractivity contribution is -0.124. The van der Waals surface area contributed by atoms with Crippen molar-refractivity contribution in [3.8, 4) is 0 Å². The molecule has 2 aliphatic heterocycles. The van der Waals surface area contributed by atoms with Gasteiger partial charge in [-0.2, -0.15) is 0 Å². The van der Waals surface area contributed by atoms with Crippen molar-refractivity contribution in [3.63, 3.8) is 0 Å². The second-order valence-electron chi connectivity index (χ2n) is 9.32. The van der Waals surface area contributed by atoms with E-state index in [4.69, 9.17) is 11.6 Å². The van der Waals surface area contributed by atoms with E-state index < -0.39 is 0 Å². The van der Waals surface area contributed by atoms with Gasteiger partial charge in [0.05, 0.1) is 0 Å². The van der Waals surface area contributed by atoms with E-state index in [1.807, 2.05) is 60.3 Å². The maximum atomic E-state index is 13.0. The minimum atomic E-state index is 0.151. The van der Waals surface area contributed by atoms with Crippen LogP contribution in [0.5, 0.6) is 0 Å². The van der Waals surface area contributed by atoms with Gasteiger partial charge >= 0.3 is 0 Å². The smallest absolute Gasteiger partial charge is 0.253 e. The van der Waals surface area contributed by atoms with E-state index in [2.05, 4.69) is 30.9 Å². The number of carbonyl (C=O) groups excluding carboxylic acids is 1. The highest BCUT2D eigenvalue weighted by molar-refractivity contribution is 6.30. The summed E-state index contributed by atoms with van der Waals surface area (Å²) in [7, 11) is 4.02. The molecule has 2 aromatic rings. The molecule has 1 spiro atoms. The first-order valence-electron chi connectivity index (χ1n) is 10.9. The van der Waals surface area contributed by atoms with Gasteiger partial charge in [-0.05, 0) is 68.7 Å². The van der Waals surface area contributed by atoms with E-state index in [-0.39, 0.29) is 11.3 Å². The lowest BCUT2D eigenvalue weighted by atomic mass is 9.62. The fourth-order valence-electron chi connectivity index (χ4n) is 5.12. The van der Waals surface area contributed by atoms with Crippen LogP contribution in [-0.4, -0.2) is 55.5 Å². The van der Waals surface area contributed by atoms with Gasteiger partial charge in [-0.25, -0.2) is 0 Å². The Hall–Kier alpha value is -2.04. The number of hydrogen-bond donors (Lipinski definition) is 0. The van der Waals surface area contributed by atoms with Gasteiger partial charge in [-0.3, -0.25) is 9.69 Å². The zero-order valence-corrected chi connectivity index (χ0v) is 19.2. The largest absolute Gasteiger partial charge is 0.378 e. The summed E-state index contributed by atoms with van der Waals surface area (Å²) in [5.41, 5.74) is 3.49. The van der Waals surface area contributed by atoms with Crippen LogP contribution in [0, 0.1) is 5.41 Å². The SMILES string of the molecule is CC(C)N1CC2(CCN(C(=O)c3ccc(N(C)C)cc3)CC2)C1c1ccc(Cl)cc1. The predicted octanol–water partition coefficient (Wildman–Crippen LogP) is 5.09. The molecule has 0 radical (unpaired) electrons. The number of benzene rings is 2. The number of halogens is 1. The van der Waals surface area contributed by atoms with E-state index in [1.54, 1.807) is 0 Å². The van der Waals surface area contributed by atoms with Crippen molar-refractivity contribution in [3.05, 3.63) is 64.7 Å². The first-order chi connectivity index (χ1) is 14.3. The second kappa shape index (κ2) is 8.24. The van der Waals surface area contributed by atoms with Crippen molar-refractivity contribution in [1.82, 2.24) is 9.80 Å². The maximum Gasteiger partial charge on any atom is 0.253 e. The standard InChI is InChI=1S/C25H32ClN3O/c1-18(2)29-17-25(23(29)19-5-9-21(26)10-6-19)13-15-28(16-14-25)24(30)20-7-11-22(12-8-20)27(3)4/h5-12,18,23H,13-17H2,1-4H3. The summed E-state index contributed by atoms with van der Waals surface area (Å²) in [5, 5.41) is 0.781. The van der Waals surface area contributed by atoms with Crippen molar-refractivity contribution in [2.24, 2.45) is 5.41 Å². The van der Waals surface area contributed by atoms with Crippen LogP contribution in [0.4, 0.5) is 5.69 Å². The summed E-state index contributed by atoms with van der Waals surface area (Å²) in [4.78, 5) is 19.7. The molecular weight excluding hydrogens is 394 g/mol. The molecule has 0 aromatic heterocycles. The molecule has 2 heterocycles. The third-order valence-electron chi connectivity index (χ3n) is 6.94. The lowest BCUT2D eigenvalue weighted by Gasteiger charge is -2.62. The molecule has 0 aliphatic carbocycles. The number of carbonyl (C=O) groups is 1. The van der Waals surface area contributed by atoms with Gasteiger partial charge < -0.3 is 9.80 Å². The summed E-state index contributed by atoms with van der Waals surface area (Å²) in [5.74, 6) is 0.151.